The molecule has 6 heteroatoms. The number of pyridine rings is 6. The van der Waals surface area contributed by atoms with Gasteiger partial charge in [-0.15, -0.1) is 0 Å². The lowest BCUT2D eigenvalue weighted by molar-refractivity contribution is -0.659. The molecule has 127 heavy (non-hydrogen) atoms. The molecule has 0 radical (unpaired) electrons. The van der Waals surface area contributed by atoms with E-state index in [9.17, 15) is 0 Å². The van der Waals surface area contributed by atoms with E-state index in [0.29, 0.717) is 11.8 Å². The molecule has 0 aliphatic rings. The van der Waals surface area contributed by atoms with Crippen molar-refractivity contribution in [1.29, 1.82) is 0 Å². The van der Waals surface area contributed by atoms with Crippen molar-refractivity contribution in [2.45, 2.75) is 165 Å². The second kappa shape index (κ2) is 39.3. The predicted octanol–water partition coefficient (Wildman–Crippen LogP) is 27.9. The van der Waals surface area contributed by atoms with Gasteiger partial charge >= 0.3 is 0 Å². The Morgan fingerprint density at radius 3 is 1.09 bits per heavy atom. The van der Waals surface area contributed by atoms with E-state index in [-0.39, 0.29) is 0 Å². The van der Waals surface area contributed by atoms with Crippen molar-refractivity contribution in [3.05, 3.63) is 391 Å². The van der Waals surface area contributed by atoms with Crippen molar-refractivity contribution < 1.29 is 27.4 Å². The molecule has 12 aromatic carbocycles. The van der Waals surface area contributed by atoms with E-state index >= 15 is 0 Å². The average Bonchev–Trinajstić information content (AvgIpc) is 0.782. The Bertz CT molecular complexity index is 7210. The van der Waals surface area contributed by atoms with Crippen LogP contribution in [0.25, 0.3) is 133 Å². The number of fused-ring (bicyclic) bond motifs is 6. The van der Waals surface area contributed by atoms with Gasteiger partial charge in [-0.25, -0.2) is 13.7 Å². The van der Waals surface area contributed by atoms with Crippen LogP contribution in [0.2, 0.25) is 0 Å². The van der Waals surface area contributed by atoms with Gasteiger partial charge in [0.25, 0.3) is 0 Å². The summed E-state index contributed by atoms with van der Waals surface area (Å²) in [6.45, 7) is 48.6. The molecule has 6 aromatic heterocycles. The molecule has 0 saturated carbocycles. The Hall–Kier alpha value is -12.9. The zero-order valence-electron chi connectivity index (χ0n) is 81.1. The van der Waals surface area contributed by atoms with E-state index in [1.807, 2.05) is 0 Å². The predicted molar refractivity (Wildman–Crippen MR) is 541 cm³/mol. The van der Waals surface area contributed by atoms with Crippen LogP contribution in [-0.2, 0) is 48.7 Å². The molecule has 642 valence electrons. The number of hydrogen-bond donors (Lipinski definition) is 0. The Morgan fingerprint density at radius 2 is 0.598 bits per heavy atom. The summed E-state index contributed by atoms with van der Waals surface area (Å²) in [5, 5.41) is 11.9. The molecule has 0 saturated heterocycles. The third kappa shape index (κ3) is 19.9. The number of nitrogens with zero attached hydrogens (tertiary/aromatic N) is 6. The monoisotopic (exact) mass is 1670 g/mol. The molecule has 0 fully saturated rings. The van der Waals surface area contributed by atoms with Crippen molar-refractivity contribution in [3.8, 4) is 67.5 Å². The number of hydrogen-bond acceptors (Lipinski definition) is 0. The molecule has 0 bridgehead atoms. The van der Waals surface area contributed by atoms with Gasteiger partial charge in [-0.3, -0.25) is 0 Å². The zero-order chi connectivity index (χ0) is 91.3. The molecular formula is C121H134N6+6. The fourth-order valence-electron chi connectivity index (χ4n) is 18.9. The highest BCUT2D eigenvalue weighted by atomic mass is 15.0. The van der Waals surface area contributed by atoms with Gasteiger partial charge in [0.05, 0.1) is 32.7 Å². The van der Waals surface area contributed by atoms with Crippen molar-refractivity contribution in [2.75, 3.05) is 0 Å². The number of rotatable bonds is 9. The smallest absolute Gasteiger partial charge is 0.200 e. The molecule has 6 heterocycles. The average molecular weight is 1670 g/mol. The summed E-state index contributed by atoms with van der Waals surface area (Å²) >= 11 is 0. The normalized spacial score (nSPS) is 11.2. The summed E-state index contributed by atoms with van der Waals surface area (Å²) in [5.41, 5.74) is 46.6. The zero-order valence-corrected chi connectivity index (χ0v) is 81.1. The van der Waals surface area contributed by atoms with E-state index in [1.165, 1.54) is 244 Å². The Labute approximate surface area is 758 Å². The number of aryl methyl sites for hydroxylation is 19. The summed E-state index contributed by atoms with van der Waals surface area (Å²) in [4.78, 5) is 0. The Balaban J connectivity index is 0.000000131. The van der Waals surface area contributed by atoms with Crippen LogP contribution < -0.4 is 27.4 Å². The van der Waals surface area contributed by atoms with Crippen molar-refractivity contribution in [3.63, 3.8) is 0 Å². The van der Waals surface area contributed by atoms with Crippen molar-refractivity contribution in [1.82, 2.24) is 0 Å². The molecule has 0 N–H and O–H groups in total. The Morgan fingerprint density at radius 1 is 0.236 bits per heavy atom. The van der Waals surface area contributed by atoms with Crippen LogP contribution in [-0.4, -0.2) is 0 Å². The van der Waals surface area contributed by atoms with Gasteiger partial charge in [0.15, 0.2) is 18.6 Å². The van der Waals surface area contributed by atoms with Gasteiger partial charge in [0.1, 0.15) is 42.3 Å². The van der Waals surface area contributed by atoms with Crippen LogP contribution in [0.1, 0.15) is 145 Å². The molecule has 18 aromatic rings. The van der Waals surface area contributed by atoms with Crippen molar-refractivity contribution in [2.24, 2.45) is 48.2 Å². The standard InChI is InChI=1S/C23H28N.C22H26N.C21H24N.2C19H20N.C17H16N/c1-15(2)12-19-8-7-9-22-20(19)10-11-23(24(22)6)21-14-16(3)13-17(4)18(21)5;1-14(2)18-7-8-20-19(13-18)9-10-23(6)22(20)21-12-15(3)11-16(4)17(21)5;1-13-10-15(3)17(5)18(11-13)20-12-16(4)21-14(2)8-7-9-19(21)22(20)6;1-13-11-14(2)15(3)17(12-13)19-10-9-16-7-5-6-8-18(16)20(19)4;1-13-11-14(2)15(3)18(12-13)19-17-8-6-5-7-16(17)9-10-20(19)4;1-13-7-3-5-9-15(13)17-16-10-6-4-8-14(16)11-12-18(17)2/h7-11,13-15H,12H2,1-6H3;7-14H,1-6H3;7-12H,1-6H3;2*5-12H,1-4H3;3-12H,1-2H3/q6*+1. The van der Waals surface area contributed by atoms with Gasteiger partial charge in [-0.1, -0.05) is 189 Å². The third-order valence-electron chi connectivity index (χ3n) is 26.5. The van der Waals surface area contributed by atoms with E-state index in [2.05, 4.69) is 501 Å². The molecule has 18 rings (SSSR count). The van der Waals surface area contributed by atoms with Gasteiger partial charge < -0.3 is 0 Å². The first kappa shape index (κ1) is 91.8. The number of aromatic nitrogens is 6. The van der Waals surface area contributed by atoms with E-state index in [0.717, 1.165) is 6.42 Å². The van der Waals surface area contributed by atoms with E-state index < -0.39 is 0 Å². The van der Waals surface area contributed by atoms with Crippen LogP contribution >= 0.6 is 0 Å². The lowest BCUT2D eigenvalue weighted by Gasteiger charge is -2.12. The van der Waals surface area contributed by atoms with Crippen LogP contribution in [0.5, 0.6) is 0 Å². The van der Waals surface area contributed by atoms with Crippen LogP contribution in [0.15, 0.2) is 279 Å². The van der Waals surface area contributed by atoms with Crippen LogP contribution in [0.3, 0.4) is 0 Å². The molecule has 0 atom stereocenters. The fourth-order valence-corrected chi connectivity index (χ4v) is 18.9. The number of para-hydroxylation sites is 1. The van der Waals surface area contributed by atoms with Gasteiger partial charge in [-0.2, -0.15) is 13.7 Å². The van der Waals surface area contributed by atoms with E-state index in [4.69, 9.17) is 0 Å². The van der Waals surface area contributed by atoms with Crippen LogP contribution in [0, 0.1) is 131 Å². The highest BCUT2D eigenvalue weighted by Crippen LogP contribution is 2.37. The lowest BCUT2D eigenvalue weighted by Crippen LogP contribution is -2.32. The summed E-state index contributed by atoms with van der Waals surface area (Å²) in [7, 11) is 12.9. The van der Waals surface area contributed by atoms with Gasteiger partial charge in [-0.05, 0) is 315 Å². The first-order chi connectivity index (χ1) is 60.6. The largest absolute Gasteiger partial charge is 0.220 e. The minimum Gasteiger partial charge on any atom is -0.200 e. The summed E-state index contributed by atoms with van der Waals surface area (Å²) in [6, 6.07) is 95.1. The molecular weight excluding hydrogens is 1540 g/mol. The lowest BCUT2D eigenvalue weighted by atomic mass is 9.93. The molecule has 0 unspecified atom stereocenters. The second-order valence-electron chi connectivity index (χ2n) is 36.9. The van der Waals surface area contributed by atoms with Gasteiger partial charge in [0, 0.05) is 87.6 Å². The van der Waals surface area contributed by atoms with E-state index in [1.54, 1.807) is 0 Å². The molecule has 0 aliphatic heterocycles. The Kier molecular flexibility index (Phi) is 28.4. The number of benzene rings is 12. The quantitative estimate of drug-likeness (QED) is 0.129. The highest BCUT2D eigenvalue weighted by Gasteiger charge is 2.26. The molecule has 0 amide bonds. The maximum Gasteiger partial charge on any atom is 0.220 e. The topological polar surface area (TPSA) is 23.3 Å². The SMILES string of the molecule is Cc1cc(C)c(C)c(-c2c3ccc(C(C)C)cc3cc[n+]2C)c1.Cc1cc(C)c(C)c(-c2c3ccccc3cc[n+]2C)c1.Cc1cc(C)c(C)c(-c2cc(C)c3c(C)cccc3[n+]2C)c1.Cc1cc(C)c(C)c(-c2ccc3c(CC(C)C)cccc3[n+]2C)c1.Cc1cc(C)c(C)c(-c2ccc3ccccc3[n+]2C)c1.Cc1ccccc1-c1c2ccccc2cc[n+]1C. The van der Waals surface area contributed by atoms with Crippen LogP contribution in [0.4, 0.5) is 0 Å². The maximum absolute atomic E-state index is 2.35. The van der Waals surface area contributed by atoms with Crippen molar-refractivity contribution >= 4 is 65.0 Å². The minimum atomic E-state index is 0.555. The summed E-state index contributed by atoms with van der Waals surface area (Å²) in [6.07, 6.45) is 7.58. The summed E-state index contributed by atoms with van der Waals surface area (Å²) in [5.74, 6) is 1.22. The third-order valence-corrected chi connectivity index (χ3v) is 26.5. The highest BCUT2D eigenvalue weighted by molar-refractivity contribution is 5.97. The maximum atomic E-state index is 2.35. The first-order valence-electron chi connectivity index (χ1n) is 45.4. The first-order valence-corrected chi connectivity index (χ1v) is 45.4. The molecule has 0 aliphatic carbocycles. The van der Waals surface area contributed by atoms with Gasteiger partial charge in [0.2, 0.25) is 50.7 Å². The molecule has 0 spiro atoms. The fraction of sp³-hybridized carbons (Fsp3) is 0.256. The minimum absolute atomic E-state index is 0.555. The second-order valence-corrected chi connectivity index (χ2v) is 36.9. The summed E-state index contributed by atoms with van der Waals surface area (Å²) < 4.78 is 13.6. The molecule has 6 nitrogen and oxygen atoms in total.